The Morgan fingerprint density at radius 2 is 2.11 bits per heavy atom. The van der Waals surface area contributed by atoms with E-state index in [0.29, 0.717) is 12.2 Å². The normalized spacial score (nSPS) is 15.7. The van der Waals surface area contributed by atoms with Crippen LogP contribution in [0.2, 0.25) is 0 Å². The number of anilines is 2. The molecule has 0 atom stereocenters. The number of nitrogens with two attached hydrogens (primary N) is 1. The van der Waals surface area contributed by atoms with Crippen molar-refractivity contribution in [2.45, 2.75) is 31.9 Å². The van der Waals surface area contributed by atoms with Gasteiger partial charge in [0.1, 0.15) is 5.69 Å². The summed E-state index contributed by atoms with van der Waals surface area (Å²) in [6, 6.07) is 0.965. The Hall–Kier alpha value is -1.46. The van der Waals surface area contributed by atoms with Gasteiger partial charge in [-0.15, -0.1) is 0 Å². The molecule has 1 aromatic heterocycles. The van der Waals surface area contributed by atoms with E-state index in [4.69, 9.17) is 5.73 Å². The molecule has 0 saturated heterocycles. The molecular weight excluding hydrogens is 243 g/mol. The van der Waals surface area contributed by atoms with Crippen molar-refractivity contribution in [3.63, 3.8) is 0 Å². The first-order valence-electron chi connectivity index (χ1n) is 6.03. The van der Waals surface area contributed by atoms with E-state index in [1.165, 1.54) is 12.8 Å². The minimum atomic E-state index is -4.43. The third kappa shape index (κ3) is 3.51. The van der Waals surface area contributed by atoms with Gasteiger partial charge in [0.2, 0.25) is 0 Å². The molecule has 1 fully saturated rings. The number of aromatic nitrogens is 1. The number of pyridine rings is 1. The van der Waals surface area contributed by atoms with Crippen molar-refractivity contribution in [1.82, 2.24) is 4.98 Å². The molecule has 18 heavy (non-hydrogen) atoms. The van der Waals surface area contributed by atoms with Crippen molar-refractivity contribution in [1.29, 1.82) is 0 Å². The van der Waals surface area contributed by atoms with Crippen LogP contribution in [0.1, 0.15) is 31.4 Å². The number of rotatable bonds is 5. The van der Waals surface area contributed by atoms with Crippen molar-refractivity contribution >= 4 is 11.4 Å². The topological polar surface area (TPSA) is 50.9 Å². The van der Waals surface area contributed by atoms with E-state index in [1.807, 2.05) is 0 Å². The first-order valence-corrected chi connectivity index (χ1v) is 6.03. The zero-order valence-electron chi connectivity index (χ0n) is 9.93. The monoisotopic (exact) mass is 259 g/mol. The van der Waals surface area contributed by atoms with Crippen LogP contribution in [0, 0.1) is 5.92 Å². The maximum atomic E-state index is 12.5. The largest absolute Gasteiger partial charge is 0.433 e. The van der Waals surface area contributed by atoms with E-state index in [0.717, 1.165) is 31.0 Å². The molecule has 0 aromatic carbocycles. The highest BCUT2D eigenvalue weighted by Crippen LogP contribution is 2.34. The van der Waals surface area contributed by atoms with E-state index in [1.54, 1.807) is 0 Å². The van der Waals surface area contributed by atoms with Gasteiger partial charge in [0.25, 0.3) is 0 Å². The molecule has 0 radical (unpaired) electrons. The lowest BCUT2D eigenvalue weighted by atomic mass is 10.2. The summed E-state index contributed by atoms with van der Waals surface area (Å²) < 4.78 is 37.4. The first kappa shape index (κ1) is 13.0. The molecule has 2 rings (SSSR count). The smallest absolute Gasteiger partial charge is 0.396 e. The Kier molecular flexibility index (Phi) is 3.63. The highest BCUT2D eigenvalue weighted by molar-refractivity contribution is 5.65. The predicted molar refractivity (Wildman–Crippen MR) is 64.1 cm³/mol. The minimum Gasteiger partial charge on any atom is -0.396 e. The van der Waals surface area contributed by atoms with Gasteiger partial charge >= 0.3 is 6.18 Å². The van der Waals surface area contributed by atoms with Gasteiger partial charge in [-0.25, -0.2) is 4.98 Å². The SMILES string of the molecule is Nc1cnc(C(F)(F)F)cc1NCCCC1CC1. The van der Waals surface area contributed by atoms with E-state index in [-0.39, 0.29) is 5.69 Å². The molecule has 1 saturated carbocycles. The Morgan fingerprint density at radius 3 is 2.72 bits per heavy atom. The summed E-state index contributed by atoms with van der Waals surface area (Å²) in [6.07, 6.45) is 1.27. The number of hydrogen-bond acceptors (Lipinski definition) is 3. The van der Waals surface area contributed by atoms with Gasteiger partial charge in [-0.05, 0) is 24.8 Å². The summed E-state index contributed by atoms with van der Waals surface area (Å²) in [7, 11) is 0. The van der Waals surface area contributed by atoms with Crippen molar-refractivity contribution in [3.8, 4) is 0 Å². The Bertz CT molecular complexity index is 414. The lowest BCUT2D eigenvalue weighted by Crippen LogP contribution is -2.11. The van der Waals surface area contributed by atoms with E-state index in [9.17, 15) is 13.2 Å². The Labute approximate surface area is 104 Å². The van der Waals surface area contributed by atoms with Crippen LogP contribution in [0.5, 0.6) is 0 Å². The molecule has 1 aliphatic rings. The third-order valence-corrected chi connectivity index (χ3v) is 3.03. The summed E-state index contributed by atoms with van der Waals surface area (Å²) >= 11 is 0. The average Bonchev–Trinajstić information content (AvgIpc) is 3.09. The molecule has 0 aliphatic heterocycles. The molecule has 0 amide bonds. The van der Waals surface area contributed by atoms with Crippen molar-refractivity contribution in [2.75, 3.05) is 17.6 Å². The van der Waals surface area contributed by atoms with Gasteiger partial charge in [-0.3, -0.25) is 0 Å². The lowest BCUT2D eigenvalue weighted by Gasteiger charge is -2.12. The van der Waals surface area contributed by atoms with Gasteiger partial charge in [-0.1, -0.05) is 12.8 Å². The molecule has 0 spiro atoms. The van der Waals surface area contributed by atoms with Crippen LogP contribution in [0.25, 0.3) is 0 Å². The van der Waals surface area contributed by atoms with Crippen LogP contribution in [-0.2, 0) is 6.18 Å². The van der Waals surface area contributed by atoms with Crippen LogP contribution in [0.4, 0.5) is 24.5 Å². The molecular formula is C12H16F3N3. The number of nitrogens with zero attached hydrogens (tertiary/aromatic N) is 1. The summed E-state index contributed by atoms with van der Waals surface area (Å²) in [6.45, 7) is 0.641. The Balaban J connectivity index is 1.92. The third-order valence-electron chi connectivity index (χ3n) is 3.03. The second kappa shape index (κ2) is 5.04. The molecule has 1 aromatic rings. The van der Waals surface area contributed by atoms with Crippen LogP contribution in [0.15, 0.2) is 12.3 Å². The highest BCUT2D eigenvalue weighted by Gasteiger charge is 2.32. The van der Waals surface area contributed by atoms with Crippen molar-refractivity contribution in [3.05, 3.63) is 18.0 Å². The fraction of sp³-hybridized carbons (Fsp3) is 0.583. The fourth-order valence-electron chi connectivity index (χ4n) is 1.79. The fourth-order valence-corrected chi connectivity index (χ4v) is 1.79. The number of alkyl halides is 3. The van der Waals surface area contributed by atoms with E-state index >= 15 is 0 Å². The van der Waals surface area contributed by atoms with Gasteiger partial charge in [0, 0.05) is 6.54 Å². The number of nitrogens with one attached hydrogen (secondary N) is 1. The number of nitrogen functional groups attached to an aromatic ring is 1. The standard InChI is InChI=1S/C12H16F3N3/c13-12(14,15)11-6-10(9(16)7-18-11)17-5-1-2-8-3-4-8/h6-8H,1-5,16H2,(H,17,18). The van der Waals surface area contributed by atoms with Crippen molar-refractivity contribution in [2.24, 2.45) is 5.92 Å². The van der Waals surface area contributed by atoms with Gasteiger partial charge in [-0.2, -0.15) is 13.2 Å². The first-order chi connectivity index (χ1) is 8.47. The lowest BCUT2D eigenvalue weighted by molar-refractivity contribution is -0.141. The molecule has 0 bridgehead atoms. The highest BCUT2D eigenvalue weighted by atomic mass is 19.4. The summed E-state index contributed by atoms with van der Waals surface area (Å²) in [4.78, 5) is 3.29. The van der Waals surface area contributed by atoms with Crippen LogP contribution in [0.3, 0.4) is 0 Å². The van der Waals surface area contributed by atoms with Crippen LogP contribution < -0.4 is 11.1 Å². The Morgan fingerprint density at radius 1 is 1.39 bits per heavy atom. The molecule has 3 nitrogen and oxygen atoms in total. The molecule has 0 unspecified atom stereocenters. The quantitative estimate of drug-likeness (QED) is 0.798. The summed E-state index contributed by atoms with van der Waals surface area (Å²) in [5.41, 5.74) is 5.24. The van der Waals surface area contributed by atoms with Crippen molar-refractivity contribution < 1.29 is 13.2 Å². The molecule has 3 N–H and O–H groups in total. The zero-order chi connectivity index (χ0) is 13.2. The maximum Gasteiger partial charge on any atom is 0.433 e. The summed E-state index contributed by atoms with van der Waals surface area (Å²) in [5, 5.41) is 2.94. The molecule has 1 heterocycles. The van der Waals surface area contributed by atoms with E-state index in [2.05, 4.69) is 10.3 Å². The van der Waals surface area contributed by atoms with Gasteiger partial charge in [0.15, 0.2) is 0 Å². The van der Waals surface area contributed by atoms with Gasteiger partial charge < -0.3 is 11.1 Å². The number of hydrogen-bond donors (Lipinski definition) is 2. The molecule has 6 heteroatoms. The summed E-state index contributed by atoms with van der Waals surface area (Å²) in [5.74, 6) is 0.826. The average molecular weight is 259 g/mol. The van der Waals surface area contributed by atoms with Gasteiger partial charge in [0.05, 0.1) is 17.6 Å². The predicted octanol–water partition coefficient (Wildman–Crippen LogP) is 3.28. The second-order valence-corrected chi connectivity index (χ2v) is 4.67. The maximum absolute atomic E-state index is 12.5. The zero-order valence-corrected chi connectivity index (χ0v) is 9.93. The van der Waals surface area contributed by atoms with Crippen LogP contribution in [-0.4, -0.2) is 11.5 Å². The minimum absolute atomic E-state index is 0.245. The van der Waals surface area contributed by atoms with Crippen LogP contribution >= 0.6 is 0 Å². The molecule has 100 valence electrons. The van der Waals surface area contributed by atoms with E-state index < -0.39 is 11.9 Å². The molecule has 1 aliphatic carbocycles. The second-order valence-electron chi connectivity index (χ2n) is 4.67. The number of halogens is 3.